The molecule has 0 unspecified atom stereocenters. The Kier molecular flexibility index (Phi) is 4.36. The van der Waals surface area contributed by atoms with E-state index in [1.165, 1.54) is 7.11 Å². The Balaban J connectivity index is 1.74. The van der Waals surface area contributed by atoms with Crippen LogP contribution >= 0.6 is 0 Å². The van der Waals surface area contributed by atoms with Gasteiger partial charge in [-0.2, -0.15) is 5.10 Å². The molecule has 0 spiro atoms. The lowest BCUT2D eigenvalue weighted by molar-refractivity contribution is 0.0298. The summed E-state index contributed by atoms with van der Waals surface area (Å²) in [7, 11) is 1.53. The van der Waals surface area contributed by atoms with Crippen molar-refractivity contribution < 1.29 is 14.3 Å². The highest BCUT2D eigenvalue weighted by Gasteiger charge is 2.23. The fourth-order valence-electron chi connectivity index (χ4n) is 2.81. The van der Waals surface area contributed by atoms with E-state index in [1.807, 2.05) is 18.5 Å². The summed E-state index contributed by atoms with van der Waals surface area (Å²) in [6, 6.07) is 7.13. The molecule has 1 aliphatic rings. The normalized spacial score (nSPS) is 14.4. The van der Waals surface area contributed by atoms with Gasteiger partial charge in [-0.1, -0.05) is 0 Å². The Morgan fingerprint density at radius 3 is 2.73 bits per heavy atom. The minimum absolute atomic E-state index is 0.120. The molecular weight excluding hydrogens is 336 g/mol. The molecular formula is C17H18N6O3. The molecule has 1 aliphatic heterocycles. The molecule has 4 heterocycles. The van der Waals surface area contributed by atoms with Crippen LogP contribution in [0.25, 0.3) is 17.1 Å². The number of nitrogens with zero attached hydrogens (tertiary/aromatic N) is 5. The molecule has 0 atom stereocenters. The highest BCUT2D eigenvalue weighted by atomic mass is 16.5. The maximum Gasteiger partial charge on any atom is 0.274 e. The lowest BCUT2D eigenvalue weighted by Gasteiger charge is -2.25. The third kappa shape index (κ3) is 3.04. The molecule has 0 saturated carbocycles. The molecule has 0 aliphatic carbocycles. The van der Waals surface area contributed by atoms with Crippen LogP contribution in [0.5, 0.6) is 5.88 Å². The van der Waals surface area contributed by atoms with E-state index in [0.29, 0.717) is 43.7 Å². The van der Waals surface area contributed by atoms with Crippen molar-refractivity contribution in [2.45, 2.75) is 0 Å². The summed E-state index contributed by atoms with van der Waals surface area (Å²) in [5, 5.41) is 12.6. The smallest absolute Gasteiger partial charge is 0.274 e. The zero-order valence-corrected chi connectivity index (χ0v) is 14.3. The number of nitrogens with one attached hydrogen (secondary N) is 1. The SMILES string of the molecule is COc1ccc(-n2nc(C(=O)N3CCOCC3)cc2-c2cc[nH]c2)nn1. The van der Waals surface area contributed by atoms with Gasteiger partial charge in [0.15, 0.2) is 11.5 Å². The van der Waals surface area contributed by atoms with Crippen LogP contribution in [-0.4, -0.2) is 69.2 Å². The first-order valence-electron chi connectivity index (χ1n) is 8.24. The number of rotatable bonds is 4. The van der Waals surface area contributed by atoms with Gasteiger partial charge >= 0.3 is 0 Å². The molecule has 9 nitrogen and oxygen atoms in total. The third-order valence-electron chi connectivity index (χ3n) is 4.17. The van der Waals surface area contributed by atoms with E-state index < -0.39 is 0 Å². The van der Waals surface area contributed by atoms with Crippen LogP contribution in [0.4, 0.5) is 0 Å². The number of carbonyl (C=O) groups is 1. The van der Waals surface area contributed by atoms with Crippen LogP contribution in [0.15, 0.2) is 36.7 Å². The molecule has 1 N–H and O–H groups in total. The van der Waals surface area contributed by atoms with Gasteiger partial charge in [0.25, 0.3) is 5.91 Å². The van der Waals surface area contributed by atoms with Crippen LogP contribution < -0.4 is 4.74 Å². The van der Waals surface area contributed by atoms with Crippen molar-refractivity contribution in [1.82, 2.24) is 29.9 Å². The Labute approximate surface area is 149 Å². The Morgan fingerprint density at radius 1 is 1.23 bits per heavy atom. The summed E-state index contributed by atoms with van der Waals surface area (Å²) in [5.41, 5.74) is 2.01. The minimum atomic E-state index is -0.120. The van der Waals surface area contributed by atoms with Crippen molar-refractivity contribution in [1.29, 1.82) is 0 Å². The molecule has 3 aromatic heterocycles. The largest absolute Gasteiger partial charge is 0.480 e. The molecule has 4 rings (SSSR count). The van der Waals surface area contributed by atoms with E-state index in [0.717, 1.165) is 11.3 Å². The third-order valence-corrected chi connectivity index (χ3v) is 4.17. The fourth-order valence-corrected chi connectivity index (χ4v) is 2.81. The molecule has 0 radical (unpaired) electrons. The number of methoxy groups -OCH3 is 1. The Bertz CT molecular complexity index is 882. The molecule has 26 heavy (non-hydrogen) atoms. The minimum Gasteiger partial charge on any atom is -0.480 e. The molecule has 1 fully saturated rings. The number of aromatic amines is 1. The van der Waals surface area contributed by atoms with Crippen molar-refractivity contribution in [3.63, 3.8) is 0 Å². The average molecular weight is 354 g/mol. The van der Waals surface area contributed by atoms with E-state index in [4.69, 9.17) is 9.47 Å². The van der Waals surface area contributed by atoms with Gasteiger partial charge in [-0.15, -0.1) is 10.2 Å². The summed E-state index contributed by atoms with van der Waals surface area (Å²) in [5.74, 6) is 0.794. The van der Waals surface area contributed by atoms with Gasteiger partial charge in [-0.05, 0) is 18.2 Å². The van der Waals surface area contributed by atoms with Crippen LogP contribution in [0.2, 0.25) is 0 Å². The number of H-pyrrole nitrogens is 1. The van der Waals surface area contributed by atoms with Gasteiger partial charge in [0.05, 0.1) is 26.0 Å². The lowest BCUT2D eigenvalue weighted by Crippen LogP contribution is -2.40. The molecule has 3 aromatic rings. The predicted octanol–water partition coefficient (Wildman–Crippen LogP) is 1.14. The standard InChI is InChI=1S/C17H18N6O3/c1-25-16-3-2-15(19-20-16)23-14(12-4-5-18-11-12)10-13(21-23)17(24)22-6-8-26-9-7-22/h2-5,10-11,18H,6-9H2,1H3. The van der Waals surface area contributed by atoms with Gasteiger partial charge in [0.1, 0.15) is 0 Å². The average Bonchev–Trinajstić information content (AvgIpc) is 3.38. The topological polar surface area (TPSA) is 98.2 Å². The molecule has 0 bridgehead atoms. The van der Waals surface area contributed by atoms with Crippen LogP contribution in [0, 0.1) is 0 Å². The number of aromatic nitrogens is 5. The van der Waals surface area contributed by atoms with Crippen molar-refractivity contribution in [2.75, 3.05) is 33.4 Å². The Hall–Kier alpha value is -3.20. The number of ether oxygens (including phenoxy) is 2. The second-order valence-corrected chi connectivity index (χ2v) is 5.76. The van der Waals surface area contributed by atoms with Crippen molar-refractivity contribution in [3.8, 4) is 23.0 Å². The number of hydrogen-bond donors (Lipinski definition) is 1. The quantitative estimate of drug-likeness (QED) is 0.754. The van der Waals surface area contributed by atoms with Gasteiger partial charge in [-0.25, -0.2) is 4.68 Å². The van der Waals surface area contributed by atoms with Gasteiger partial charge in [-0.3, -0.25) is 4.79 Å². The summed E-state index contributed by atoms with van der Waals surface area (Å²) in [6.07, 6.45) is 3.66. The second kappa shape index (κ2) is 6.96. The number of hydrogen-bond acceptors (Lipinski definition) is 6. The predicted molar refractivity (Wildman–Crippen MR) is 92.2 cm³/mol. The van der Waals surface area contributed by atoms with Gasteiger partial charge in [0, 0.05) is 37.1 Å². The maximum absolute atomic E-state index is 12.8. The van der Waals surface area contributed by atoms with Crippen molar-refractivity contribution in [2.24, 2.45) is 0 Å². The maximum atomic E-state index is 12.8. The zero-order valence-electron chi connectivity index (χ0n) is 14.3. The van der Waals surface area contributed by atoms with E-state index >= 15 is 0 Å². The first-order chi connectivity index (χ1) is 12.8. The van der Waals surface area contributed by atoms with Crippen molar-refractivity contribution >= 4 is 5.91 Å². The first kappa shape index (κ1) is 16.3. The van der Waals surface area contributed by atoms with Crippen LogP contribution in [-0.2, 0) is 4.74 Å². The highest BCUT2D eigenvalue weighted by molar-refractivity contribution is 5.93. The molecule has 9 heteroatoms. The summed E-state index contributed by atoms with van der Waals surface area (Å²) in [6.45, 7) is 2.21. The highest BCUT2D eigenvalue weighted by Crippen LogP contribution is 2.24. The molecule has 0 aromatic carbocycles. The number of morpholine rings is 1. The number of amides is 1. The van der Waals surface area contributed by atoms with E-state index in [-0.39, 0.29) is 5.91 Å². The monoisotopic (exact) mass is 354 g/mol. The van der Waals surface area contributed by atoms with Crippen molar-refractivity contribution in [3.05, 3.63) is 42.4 Å². The summed E-state index contributed by atoms with van der Waals surface area (Å²) in [4.78, 5) is 17.6. The first-order valence-corrected chi connectivity index (χ1v) is 8.24. The van der Waals surface area contributed by atoms with Crippen LogP contribution in [0.3, 0.4) is 0 Å². The summed E-state index contributed by atoms with van der Waals surface area (Å²) >= 11 is 0. The molecule has 1 amide bonds. The zero-order chi connectivity index (χ0) is 17.9. The van der Waals surface area contributed by atoms with E-state index in [2.05, 4.69) is 20.3 Å². The Morgan fingerprint density at radius 2 is 2.08 bits per heavy atom. The molecule has 134 valence electrons. The second-order valence-electron chi connectivity index (χ2n) is 5.76. The summed E-state index contributed by atoms with van der Waals surface area (Å²) < 4.78 is 12.0. The van der Waals surface area contributed by atoms with Crippen LogP contribution in [0.1, 0.15) is 10.5 Å². The molecule has 1 saturated heterocycles. The number of carbonyl (C=O) groups excluding carboxylic acids is 1. The lowest BCUT2D eigenvalue weighted by atomic mass is 10.2. The fraction of sp³-hybridized carbons (Fsp3) is 0.294. The van der Waals surface area contributed by atoms with E-state index in [1.54, 1.807) is 27.8 Å². The van der Waals surface area contributed by atoms with Gasteiger partial charge in [0.2, 0.25) is 5.88 Å². The van der Waals surface area contributed by atoms with Gasteiger partial charge < -0.3 is 19.4 Å². The van der Waals surface area contributed by atoms with E-state index in [9.17, 15) is 4.79 Å².